The van der Waals surface area contributed by atoms with Crippen molar-refractivity contribution in [1.29, 1.82) is 5.26 Å². The molecule has 0 aliphatic heterocycles. The van der Waals surface area contributed by atoms with Gasteiger partial charge in [-0.25, -0.2) is 4.98 Å². The van der Waals surface area contributed by atoms with Gasteiger partial charge in [-0.3, -0.25) is 10.8 Å². The quantitative estimate of drug-likeness (QED) is 0.561. The summed E-state index contributed by atoms with van der Waals surface area (Å²) in [5.74, 6) is 6.16. The summed E-state index contributed by atoms with van der Waals surface area (Å²) in [6.07, 6.45) is 1.97. The Bertz CT molecular complexity index is 814. The second-order valence-corrected chi connectivity index (χ2v) is 4.62. The average Bonchev–Trinajstić information content (AvgIpc) is 2.86. The minimum absolute atomic E-state index is 0.267. The predicted molar refractivity (Wildman–Crippen MR) is 80.2 cm³/mol. The topological polar surface area (TPSA) is 92.5 Å². The Kier molecular flexibility index (Phi) is 3.50. The van der Waals surface area contributed by atoms with Crippen LogP contribution < -0.4 is 11.3 Å². The van der Waals surface area contributed by atoms with Crippen LogP contribution in [-0.2, 0) is 13.0 Å². The van der Waals surface area contributed by atoms with E-state index in [0.29, 0.717) is 6.54 Å². The van der Waals surface area contributed by atoms with Crippen LogP contribution in [0.15, 0.2) is 42.6 Å². The summed E-state index contributed by atoms with van der Waals surface area (Å²) >= 11 is 0. The van der Waals surface area contributed by atoms with Crippen molar-refractivity contribution >= 4 is 16.7 Å². The summed E-state index contributed by atoms with van der Waals surface area (Å²) in [7, 11) is 0. The predicted octanol–water partition coefficient (Wildman–Crippen LogP) is 1.83. The Hall–Kier alpha value is -2.91. The second kappa shape index (κ2) is 5.61. The number of benzene rings is 1. The molecule has 6 nitrogen and oxygen atoms in total. The lowest BCUT2D eigenvalue weighted by atomic mass is 10.3. The highest BCUT2D eigenvalue weighted by atomic mass is 15.2. The highest BCUT2D eigenvalue weighted by molar-refractivity contribution is 5.76. The first-order valence-electron chi connectivity index (χ1n) is 6.54. The number of nitrogens with one attached hydrogen (secondary N) is 1. The van der Waals surface area contributed by atoms with Crippen molar-refractivity contribution in [2.24, 2.45) is 5.84 Å². The van der Waals surface area contributed by atoms with E-state index < -0.39 is 0 Å². The monoisotopic (exact) mass is 278 g/mol. The largest absolute Gasteiger partial charge is 0.324 e. The SMILES string of the molecule is N#CCc1nc2ccccc2n1Cc1cc(NN)ccn1. The summed E-state index contributed by atoms with van der Waals surface area (Å²) in [6, 6.07) is 13.7. The van der Waals surface area contributed by atoms with Gasteiger partial charge in [-0.1, -0.05) is 12.1 Å². The number of imidazole rings is 1. The zero-order valence-electron chi connectivity index (χ0n) is 11.3. The molecule has 2 aromatic heterocycles. The number of hydrogen-bond acceptors (Lipinski definition) is 5. The number of nitrogens with two attached hydrogens (primary N) is 1. The highest BCUT2D eigenvalue weighted by Crippen LogP contribution is 2.18. The Morgan fingerprint density at radius 2 is 2.14 bits per heavy atom. The number of nitriles is 1. The van der Waals surface area contributed by atoms with Crippen molar-refractivity contribution in [3.63, 3.8) is 0 Å². The van der Waals surface area contributed by atoms with E-state index in [-0.39, 0.29) is 6.42 Å². The molecule has 0 saturated carbocycles. The van der Waals surface area contributed by atoms with Crippen molar-refractivity contribution in [3.8, 4) is 6.07 Å². The first-order valence-corrected chi connectivity index (χ1v) is 6.54. The van der Waals surface area contributed by atoms with Crippen LogP contribution in [0.5, 0.6) is 0 Å². The van der Waals surface area contributed by atoms with Crippen LogP contribution in [0.4, 0.5) is 5.69 Å². The minimum atomic E-state index is 0.267. The fourth-order valence-electron chi connectivity index (χ4n) is 2.32. The molecule has 6 heteroatoms. The normalized spacial score (nSPS) is 10.5. The summed E-state index contributed by atoms with van der Waals surface area (Å²) in [4.78, 5) is 8.86. The molecule has 3 rings (SSSR count). The molecule has 3 N–H and O–H groups in total. The maximum atomic E-state index is 8.97. The standard InChI is InChI=1S/C15H14N6/c16-7-5-15-19-13-3-1-2-4-14(13)21(15)10-12-9-11(20-17)6-8-18-12/h1-4,6,8-9H,5,10,17H2,(H,18,20). The van der Waals surface area contributed by atoms with Crippen molar-refractivity contribution in [2.75, 3.05) is 5.43 Å². The fourth-order valence-corrected chi connectivity index (χ4v) is 2.32. The van der Waals surface area contributed by atoms with Gasteiger partial charge in [0, 0.05) is 6.20 Å². The molecule has 0 spiro atoms. The number of pyridine rings is 1. The molecule has 0 unspecified atom stereocenters. The number of nitrogens with zero attached hydrogens (tertiary/aromatic N) is 4. The van der Waals surface area contributed by atoms with Crippen molar-refractivity contribution < 1.29 is 0 Å². The zero-order chi connectivity index (χ0) is 14.7. The molecule has 0 fully saturated rings. The molecule has 2 heterocycles. The van der Waals surface area contributed by atoms with Crippen LogP contribution in [0.25, 0.3) is 11.0 Å². The number of fused-ring (bicyclic) bond motifs is 1. The maximum Gasteiger partial charge on any atom is 0.124 e. The number of rotatable bonds is 4. The van der Waals surface area contributed by atoms with Gasteiger partial charge in [0.1, 0.15) is 5.82 Å². The van der Waals surface area contributed by atoms with Gasteiger partial charge in [0.15, 0.2) is 0 Å². The van der Waals surface area contributed by atoms with Gasteiger partial charge >= 0.3 is 0 Å². The molecule has 0 aliphatic rings. The molecule has 1 aromatic carbocycles. The zero-order valence-corrected chi connectivity index (χ0v) is 11.3. The lowest BCUT2D eigenvalue weighted by Gasteiger charge is -2.08. The summed E-state index contributed by atoms with van der Waals surface area (Å²) in [6.45, 7) is 0.549. The van der Waals surface area contributed by atoms with Gasteiger partial charge in [-0.05, 0) is 24.3 Å². The van der Waals surface area contributed by atoms with E-state index in [4.69, 9.17) is 11.1 Å². The Morgan fingerprint density at radius 1 is 1.29 bits per heavy atom. The first-order chi connectivity index (χ1) is 10.3. The fraction of sp³-hybridized carbons (Fsp3) is 0.133. The molecule has 104 valence electrons. The third-order valence-electron chi connectivity index (χ3n) is 3.27. The van der Waals surface area contributed by atoms with Crippen LogP contribution in [-0.4, -0.2) is 14.5 Å². The molecule has 0 radical (unpaired) electrons. The van der Waals surface area contributed by atoms with Crippen LogP contribution in [0.2, 0.25) is 0 Å². The Balaban J connectivity index is 2.06. The summed E-state index contributed by atoms with van der Waals surface area (Å²) in [5, 5.41) is 8.97. The third-order valence-corrected chi connectivity index (χ3v) is 3.27. The van der Waals surface area contributed by atoms with E-state index in [2.05, 4.69) is 21.5 Å². The van der Waals surface area contributed by atoms with Gasteiger partial charge in [0.05, 0.1) is 41.4 Å². The van der Waals surface area contributed by atoms with E-state index in [1.807, 2.05) is 34.9 Å². The first kappa shape index (κ1) is 13.1. The molecule has 21 heavy (non-hydrogen) atoms. The van der Waals surface area contributed by atoms with Crippen LogP contribution in [0, 0.1) is 11.3 Å². The molecule has 0 saturated heterocycles. The number of hydrogen-bond donors (Lipinski definition) is 2. The van der Waals surface area contributed by atoms with E-state index in [1.54, 1.807) is 12.3 Å². The third kappa shape index (κ3) is 2.55. The number of hydrazine groups is 1. The Labute approximate surface area is 121 Å². The van der Waals surface area contributed by atoms with E-state index in [0.717, 1.165) is 28.2 Å². The van der Waals surface area contributed by atoms with Crippen molar-refractivity contribution in [2.45, 2.75) is 13.0 Å². The summed E-state index contributed by atoms with van der Waals surface area (Å²) < 4.78 is 2.02. The van der Waals surface area contributed by atoms with Gasteiger partial charge in [0.2, 0.25) is 0 Å². The van der Waals surface area contributed by atoms with E-state index in [1.165, 1.54) is 0 Å². The van der Waals surface area contributed by atoms with Gasteiger partial charge in [-0.15, -0.1) is 0 Å². The molecule has 0 aliphatic carbocycles. The molecule has 0 amide bonds. The van der Waals surface area contributed by atoms with Crippen molar-refractivity contribution in [1.82, 2.24) is 14.5 Å². The number of aromatic nitrogens is 3. The van der Waals surface area contributed by atoms with E-state index >= 15 is 0 Å². The molecular weight excluding hydrogens is 264 g/mol. The summed E-state index contributed by atoms with van der Waals surface area (Å²) in [5.41, 5.74) is 6.14. The number of anilines is 1. The smallest absolute Gasteiger partial charge is 0.124 e. The van der Waals surface area contributed by atoms with Crippen molar-refractivity contribution in [3.05, 3.63) is 54.1 Å². The van der Waals surface area contributed by atoms with Crippen LogP contribution in [0.1, 0.15) is 11.5 Å². The minimum Gasteiger partial charge on any atom is -0.324 e. The molecular formula is C15H14N6. The maximum absolute atomic E-state index is 8.97. The molecule has 0 atom stereocenters. The highest BCUT2D eigenvalue weighted by Gasteiger charge is 2.11. The number of para-hydroxylation sites is 2. The van der Waals surface area contributed by atoms with Gasteiger partial charge in [-0.2, -0.15) is 5.26 Å². The lowest BCUT2D eigenvalue weighted by molar-refractivity contribution is 0.750. The second-order valence-electron chi connectivity index (χ2n) is 4.62. The molecule has 3 aromatic rings. The van der Waals surface area contributed by atoms with Gasteiger partial charge < -0.3 is 9.99 Å². The average molecular weight is 278 g/mol. The Morgan fingerprint density at radius 3 is 2.95 bits per heavy atom. The lowest BCUT2D eigenvalue weighted by Crippen LogP contribution is -2.09. The molecule has 0 bridgehead atoms. The van der Waals surface area contributed by atoms with Crippen LogP contribution >= 0.6 is 0 Å². The number of nitrogen functional groups attached to an aromatic ring is 1. The van der Waals surface area contributed by atoms with Crippen LogP contribution in [0.3, 0.4) is 0 Å². The van der Waals surface area contributed by atoms with Gasteiger partial charge in [0.25, 0.3) is 0 Å². The van der Waals surface area contributed by atoms with E-state index in [9.17, 15) is 0 Å².